The number of sulfonamides is 1. The number of amides is 1. The molecule has 0 unspecified atom stereocenters. The average Bonchev–Trinajstić information content (AvgIpc) is 3.00. The van der Waals surface area contributed by atoms with Crippen LogP contribution in [0.15, 0.2) is 58.3 Å². The largest absolute Gasteiger partial charge is 0.352 e. The number of nitrogens with zero attached hydrogens (tertiary/aromatic N) is 1. The molecule has 0 aromatic heterocycles. The van der Waals surface area contributed by atoms with Gasteiger partial charge in [-0.3, -0.25) is 9.10 Å². The van der Waals surface area contributed by atoms with Gasteiger partial charge in [0.25, 0.3) is 10.0 Å². The van der Waals surface area contributed by atoms with Crippen molar-refractivity contribution in [2.24, 2.45) is 0 Å². The highest BCUT2D eigenvalue weighted by molar-refractivity contribution is 7.98. The van der Waals surface area contributed by atoms with Crippen molar-refractivity contribution in [3.63, 3.8) is 0 Å². The minimum absolute atomic E-state index is 0.0536. The van der Waals surface area contributed by atoms with Gasteiger partial charge in [-0.2, -0.15) is 0 Å². The Labute approximate surface area is 182 Å². The van der Waals surface area contributed by atoms with E-state index in [1.165, 1.54) is 42.1 Å². The molecule has 8 heteroatoms. The van der Waals surface area contributed by atoms with Gasteiger partial charge in [0.05, 0.1) is 10.6 Å². The summed E-state index contributed by atoms with van der Waals surface area (Å²) in [7, 11) is -4.04. The molecule has 2 aromatic carbocycles. The molecule has 0 spiro atoms. The average molecular weight is 451 g/mol. The Hall–Kier alpha value is -2.06. The molecule has 1 amide bonds. The molecule has 1 aliphatic rings. The Kier molecular flexibility index (Phi) is 7.77. The number of nitrogens with one attached hydrogen (secondary N) is 1. The zero-order chi connectivity index (χ0) is 21.6. The summed E-state index contributed by atoms with van der Waals surface area (Å²) in [5, 5.41) is 2.97. The maximum absolute atomic E-state index is 13.8. The smallest absolute Gasteiger partial charge is 0.264 e. The van der Waals surface area contributed by atoms with Crippen molar-refractivity contribution >= 4 is 33.4 Å². The number of hydrogen-bond acceptors (Lipinski definition) is 4. The molecule has 1 N–H and O–H groups in total. The molecular formula is C22H27FN2O3S2. The third-order valence-electron chi connectivity index (χ3n) is 5.25. The number of halogens is 1. The van der Waals surface area contributed by atoms with E-state index in [-0.39, 0.29) is 22.5 Å². The Bertz CT molecular complexity index is 957. The number of carbonyl (C=O) groups is 1. The van der Waals surface area contributed by atoms with Crippen molar-refractivity contribution < 1.29 is 17.6 Å². The molecule has 1 fully saturated rings. The molecule has 2 aromatic rings. The van der Waals surface area contributed by atoms with Gasteiger partial charge in [0.1, 0.15) is 12.4 Å². The normalized spacial score (nSPS) is 15.4. The van der Waals surface area contributed by atoms with Crippen LogP contribution in [0.25, 0.3) is 0 Å². The molecule has 0 heterocycles. The summed E-state index contributed by atoms with van der Waals surface area (Å²) in [5.41, 5.74) is 0.125. The minimum Gasteiger partial charge on any atom is -0.352 e. The fourth-order valence-electron chi connectivity index (χ4n) is 3.65. The van der Waals surface area contributed by atoms with Crippen LogP contribution in [0.1, 0.15) is 38.5 Å². The summed E-state index contributed by atoms with van der Waals surface area (Å²) in [5.74, 6) is -0.940. The molecule has 162 valence electrons. The second-order valence-electron chi connectivity index (χ2n) is 7.42. The fourth-order valence-corrected chi connectivity index (χ4v) is 5.47. The summed E-state index contributed by atoms with van der Waals surface area (Å²) >= 11 is 1.50. The number of rotatable bonds is 7. The summed E-state index contributed by atoms with van der Waals surface area (Å²) < 4.78 is 41.5. The first-order valence-corrected chi connectivity index (χ1v) is 12.8. The maximum Gasteiger partial charge on any atom is 0.264 e. The van der Waals surface area contributed by atoms with Gasteiger partial charge in [0.15, 0.2) is 0 Å². The highest BCUT2D eigenvalue weighted by Crippen LogP contribution is 2.26. The van der Waals surface area contributed by atoms with Crippen molar-refractivity contribution in [3.05, 3.63) is 54.3 Å². The van der Waals surface area contributed by atoms with Gasteiger partial charge in [-0.1, -0.05) is 31.7 Å². The van der Waals surface area contributed by atoms with Gasteiger partial charge in [-0.05, 0) is 61.6 Å². The van der Waals surface area contributed by atoms with Crippen LogP contribution in [0.3, 0.4) is 0 Å². The predicted octanol–water partition coefficient (Wildman–Crippen LogP) is 4.58. The van der Waals surface area contributed by atoms with Crippen LogP contribution in [0.5, 0.6) is 0 Å². The molecule has 0 aliphatic heterocycles. The second-order valence-corrected chi connectivity index (χ2v) is 10.2. The lowest BCUT2D eigenvalue weighted by Crippen LogP contribution is -2.44. The summed E-state index contributed by atoms with van der Waals surface area (Å²) in [6.45, 7) is -0.396. The van der Waals surface area contributed by atoms with Crippen molar-refractivity contribution in [1.82, 2.24) is 5.32 Å². The maximum atomic E-state index is 13.8. The Morgan fingerprint density at radius 1 is 1.10 bits per heavy atom. The standard InChI is InChI=1S/C22H27FN2O3S2/c1-29-20-11-13-21(14-12-20)30(27,28)25(19-10-6-7-17(23)15-19)16-22(26)24-18-8-4-2-3-5-9-18/h6-7,10-15,18H,2-5,8-9,16H2,1H3,(H,24,26). The molecule has 1 saturated carbocycles. The van der Waals surface area contributed by atoms with Gasteiger partial charge >= 0.3 is 0 Å². The van der Waals surface area contributed by atoms with Crippen LogP contribution < -0.4 is 9.62 Å². The van der Waals surface area contributed by atoms with Crippen LogP contribution in [-0.4, -0.2) is 33.2 Å². The van der Waals surface area contributed by atoms with E-state index in [9.17, 15) is 17.6 Å². The minimum atomic E-state index is -4.04. The lowest BCUT2D eigenvalue weighted by Gasteiger charge is -2.25. The van der Waals surface area contributed by atoms with Crippen LogP contribution in [-0.2, 0) is 14.8 Å². The number of thioether (sulfide) groups is 1. The van der Waals surface area contributed by atoms with Crippen LogP contribution >= 0.6 is 11.8 Å². The molecule has 1 aliphatic carbocycles. The van der Waals surface area contributed by atoms with Gasteiger partial charge < -0.3 is 5.32 Å². The number of carbonyl (C=O) groups excluding carboxylic acids is 1. The topological polar surface area (TPSA) is 66.5 Å². The Balaban J connectivity index is 1.87. The van der Waals surface area contributed by atoms with Crippen molar-refractivity contribution in [2.75, 3.05) is 17.1 Å². The second kappa shape index (κ2) is 10.3. The molecular weight excluding hydrogens is 423 g/mol. The first-order valence-electron chi connectivity index (χ1n) is 10.1. The van der Waals surface area contributed by atoms with E-state index in [1.54, 1.807) is 12.1 Å². The Morgan fingerprint density at radius 3 is 2.37 bits per heavy atom. The number of benzene rings is 2. The lowest BCUT2D eigenvalue weighted by atomic mass is 10.1. The van der Waals surface area contributed by atoms with E-state index in [4.69, 9.17) is 0 Å². The molecule has 3 rings (SSSR count). The quantitative estimate of drug-likeness (QED) is 0.495. The van der Waals surface area contributed by atoms with Gasteiger partial charge in [-0.25, -0.2) is 12.8 Å². The lowest BCUT2D eigenvalue weighted by molar-refractivity contribution is -0.120. The van der Waals surface area contributed by atoms with Crippen molar-refractivity contribution in [1.29, 1.82) is 0 Å². The zero-order valence-corrected chi connectivity index (χ0v) is 18.6. The molecule has 5 nitrogen and oxygen atoms in total. The number of anilines is 1. The summed E-state index contributed by atoms with van der Waals surface area (Å²) in [6.07, 6.45) is 8.12. The predicted molar refractivity (Wildman–Crippen MR) is 119 cm³/mol. The molecule has 0 radical (unpaired) electrons. The molecule has 0 saturated heterocycles. The van der Waals surface area contributed by atoms with Crippen LogP contribution in [0.2, 0.25) is 0 Å². The van der Waals surface area contributed by atoms with Gasteiger partial charge in [0.2, 0.25) is 5.91 Å². The van der Waals surface area contributed by atoms with Gasteiger partial charge in [0, 0.05) is 10.9 Å². The third kappa shape index (κ3) is 5.76. The van der Waals surface area contributed by atoms with Crippen LogP contribution in [0.4, 0.5) is 10.1 Å². The Morgan fingerprint density at radius 2 is 1.77 bits per heavy atom. The summed E-state index contributed by atoms with van der Waals surface area (Å²) in [6, 6.07) is 11.8. The first kappa shape index (κ1) is 22.6. The fraction of sp³-hybridized carbons (Fsp3) is 0.409. The van der Waals surface area contributed by atoms with E-state index in [0.29, 0.717) is 0 Å². The summed E-state index contributed by atoms with van der Waals surface area (Å²) in [4.78, 5) is 13.7. The van der Waals surface area contributed by atoms with E-state index < -0.39 is 22.4 Å². The molecule has 30 heavy (non-hydrogen) atoms. The van der Waals surface area contributed by atoms with E-state index >= 15 is 0 Å². The van der Waals surface area contributed by atoms with E-state index in [0.717, 1.165) is 53.8 Å². The van der Waals surface area contributed by atoms with E-state index in [1.807, 2.05) is 6.26 Å². The van der Waals surface area contributed by atoms with Crippen LogP contribution in [0, 0.1) is 5.82 Å². The highest BCUT2D eigenvalue weighted by atomic mass is 32.2. The third-order valence-corrected chi connectivity index (χ3v) is 7.78. The highest BCUT2D eigenvalue weighted by Gasteiger charge is 2.28. The first-order chi connectivity index (χ1) is 14.4. The monoisotopic (exact) mass is 450 g/mol. The van der Waals surface area contributed by atoms with E-state index in [2.05, 4.69) is 5.32 Å². The van der Waals surface area contributed by atoms with Crippen molar-refractivity contribution in [2.45, 2.75) is 54.4 Å². The number of hydrogen-bond donors (Lipinski definition) is 1. The van der Waals surface area contributed by atoms with Gasteiger partial charge in [-0.15, -0.1) is 11.8 Å². The van der Waals surface area contributed by atoms with Crippen molar-refractivity contribution in [3.8, 4) is 0 Å². The molecule has 0 bridgehead atoms. The SMILES string of the molecule is CSc1ccc(S(=O)(=O)N(CC(=O)NC2CCCCCC2)c2cccc(F)c2)cc1. The zero-order valence-electron chi connectivity index (χ0n) is 17.0. The molecule has 0 atom stereocenters.